The minimum atomic E-state index is -0.623. The zero-order chi connectivity index (χ0) is 19.7. The Hall–Kier alpha value is -3.45. The third-order valence-electron chi connectivity index (χ3n) is 4.90. The van der Waals surface area contributed by atoms with Gasteiger partial charge in [0.25, 0.3) is 11.8 Å². The summed E-state index contributed by atoms with van der Waals surface area (Å²) >= 11 is 0. The molecular weight excluding hydrogens is 354 g/mol. The minimum Gasteiger partial charge on any atom is -0.364 e. The molecule has 0 bridgehead atoms. The number of carbonyl (C=O) groups is 2. The number of aromatic nitrogens is 2. The van der Waals surface area contributed by atoms with Crippen molar-refractivity contribution in [3.05, 3.63) is 71.0 Å². The van der Waals surface area contributed by atoms with Gasteiger partial charge in [-0.15, -0.1) is 0 Å². The van der Waals surface area contributed by atoms with E-state index >= 15 is 0 Å². The zero-order valence-electron chi connectivity index (χ0n) is 15.5. The average Bonchev–Trinajstić information content (AvgIpc) is 3.10. The number of hydrogen-bond donors (Lipinski definition) is 3. The molecule has 0 spiro atoms. The van der Waals surface area contributed by atoms with Gasteiger partial charge in [-0.25, -0.2) is 4.68 Å². The molecule has 7 nitrogen and oxygen atoms in total. The Kier molecular flexibility index (Phi) is 4.67. The van der Waals surface area contributed by atoms with Gasteiger partial charge in [0.05, 0.1) is 5.69 Å². The van der Waals surface area contributed by atoms with Crippen molar-refractivity contribution in [3.8, 4) is 16.8 Å². The van der Waals surface area contributed by atoms with Crippen molar-refractivity contribution in [2.45, 2.75) is 13.0 Å². The fourth-order valence-electron chi connectivity index (χ4n) is 3.62. The number of nitrogens with one attached hydrogen (secondary N) is 2. The van der Waals surface area contributed by atoms with Gasteiger partial charge in [0.15, 0.2) is 5.69 Å². The van der Waals surface area contributed by atoms with Crippen LogP contribution in [0.5, 0.6) is 0 Å². The van der Waals surface area contributed by atoms with Gasteiger partial charge in [-0.2, -0.15) is 5.10 Å². The monoisotopic (exact) mass is 375 g/mol. The van der Waals surface area contributed by atoms with Gasteiger partial charge in [-0.3, -0.25) is 9.59 Å². The molecule has 0 radical (unpaired) electrons. The Morgan fingerprint density at radius 1 is 1.21 bits per heavy atom. The predicted octanol–water partition coefficient (Wildman–Crippen LogP) is 1.64. The topological polar surface area (TPSA) is 102 Å². The highest BCUT2D eigenvalue weighted by Gasteiger charge is 2.29. The summed E-state index contributed by atoms with van der Waals surface area (Å²) in [5.74, 6) is -0.869. The summed E-state index contributed by atoms with van der Waals surface area (Å²) in [7, 11) is 1.92. The van der Waals surface area contributed by atoms with Crippen molar-refractivity contribution in [3.63, 3.8) is 0 Å². The third kappa shape index (κ3) is 3.05. The molecule has 2 aromatic carbocycles. The van der Waals surface area contributed by atoms with E-state index in [1.54, 1.807) is 0 Å². The summed E-state index contributed by atoms with van der Waals surface area (Å²) in [6.07, 6.45) is 0.537. The van der Waals surface area contributed by atoms with Gasteiger partial charge >= 0.3 is 0 Å². The lowest BCUT2D eigenvalue weighted by Crippen LogP contribution is -2.33. The molecule has 1 aliphatic heterocycles. The van der Waals surface area contributed by atoms with Crippen molar-refractivity contribution >= 4 is 11.8 Å². The largest absolute Gasteiger partial charge is 0.364 e. The molecular formula is C21H21N5O2. The highest BCUT2D eigenvalue weighted by Crippen LogP contribution is 2.27. The second-order valence-electron chi connectivity index (χ2n) is 6.69. The first kappa shape index (κ1) is 17.9. The Morgan fingerprint density at radius 3 is 2.68 bits per heavy atom. The smallest absolute Gasteiger partial charge is 0.270 e. The van der Waals surface area contributed by atoms with Crippen LogP contribution in [0, 0.1) is 0 Å². The molecule has 28 heavy (non-hydrogen) atoms. The van der Waals surface area contributed by atoms with Gasteiger partial charge in [0.1, 0.15) is 5.69 Å². The summed E-state index contributed by atoms with van der Waals surface area (Å²) in [6, 6.07) is 16.0. The number of fused-ring (bicyclic) bond motifs is 1. The number of rotatable bonds is 5. The van der Waals surface area contributed by atoms with Crippen LogP contribution in [0.3, 0.4) is 0 Å². The first-order valence-electron chi connectivity index (χ1n) is 9.13. The lowest BCUT2D eigenvalue weighted by molar-refractivity contribution is 0.0938. The predicted molar refractivity (Wildman–Crippen MR) is 106 cm³/mol. The normalized spacial score (nSPS) is 13.1. The lowest BCUT2D eigenvalue weighted by Gasteiger charge is -2.15. The number of amides is 2. The number of nitrogens with zero attached hydrogens (tertiary/aromatic N) is 2. The van der Waals surface area contributed by atoms with E-state index in [2.05, 4.69) is 27.9 Å². The van der Waals surface area contributed by atoms with Crippen LogP contribution in [-0.2, 0) is 13.0 Å². The fourth-order valence-corrected chi connectivity index (χ4v) is 3.62. The number of benzene rings is 2. The average molecular weight is 375 g/mol. The van der Waals surface area contributed by atoms with Crippen molar-refractivity contribution in [2.75, 3.05) is 13.6 Å². The van der Waals surface area contributed by atoms with Gasteiger partial charge in [0, 0.05) is 18.7 Å². The molecule has 0 atom stereocenters. The molecule has 7 heteroatoms. The van der Waals surface area contributed by atoms with Crippen LogP contribution in [0.2, 0.25) is 0 Å². The first-order valence-corrected chi connectivity index (χ1v) is 9.13. The van der Waals surface area contributed by atoms with Crippen LogP contribution in [0.4, 0.5) is 0 Å². The van der Waals surface area contributed by atoms with Crippen molar-refractivity contribution in [2.24, 2.45) is 5.73 Å². The van der Waals surface area contributed by atoms with Crippen LogP contribution in [-0.4, -0.2) is 35.2 Å². The van der Waals surface area contributed by atoms with E-state index in [1.165, 1.54) is 10.2 Å². The molecule has 2 amide bonds. The summed E-state index contributed by atoms with van der Waals surface area (Å²) in [5, 5.41) is 10.3. The van der Waals surface area contributed by atoms with Crippen LogP contribution in [0.1, 0.15) is 32.1 Å². The van der Waals surface area contributed by atoms with Gasteiger partial charge < -0.3 is 16.4 Å². The van der Waals surface area contributed by atoms with Gasteiger partial charge in [0.2, 0.25) is 0 Å². The van der Waals surface area contributed by atoms with E-state index in [-0.39, 0.29) is 11.6 Å². The maximum absolute atomic E-state index is 12.4. The summed E-state index contributed by atoms with van der Waals surface area (Å²) in [6.45, 7) is 1.24. The fraction of sp³-hybridized carbons (Fsp3) is 0.190. The minimum absolute atomic E-state index is 0.160. The quantitative estimate of drug-likeness (QED) is 0.631. The van der Waals surface area contributed by atoms with Crippen LogP contribution < -0.4 is 16.4 Å². The molecule has 0 saturated carbocycles. The Morgan fingerprint density at radius 2 is 1.96 bits per heavy atom. The van der Waals surface area contributed by atoms with Crippen molar-refractivity contribution in [1.82, 2.24) is 20.4 Å². The first-order chi connectivity index (χ1) is 13.6. The molecule has 2 heterocycles. The molecule has 1 aliphatic rings. The van der Waals surface area contributed by atoms with Crippen LogP contribution >= 0.6 is 0 Å². The molecule has 142 valence electrons. The second-order valence-corrected chi connectivity index (χ2v) is 6.69. The van der Waals surface area contributed by atoms with E-state index in [4.69, 9.17) is 5.73 Å². The zero-order valence-corrected chi connectivity index (χ0v) is 15.5. The maximum Gasteiger partial charge on any atom is 0.270 e. The molecule has 0 fully saturated rings. The number of primary amides is 1. The number of nitrogens with two attached hydrogens (primary N) is 1. The van der Waals surface area contributed by atoms with E-state index in [0.29, 0.717) is 29.9 Å². The molecule has 0 unspecified atom stereocenters. The SMILES string of the molecule is CNCc1ccccc1-c1ccc(-n2nc(C(N)=O)c3c2C(=O)NCC3)cc1. The highest BCUT2D eigenvalue weighted by molar-refractivity contribution is 6.01. The second kappa shape index (κ2) is 7.28. The standard InChI is InChI=1S/C21H21N5O2/c1-23-12-14-4-2-3-5-16(14)13-6-8-15(9-7-13)26-19-17(10-11-24-21(19)28)18(25-26)20(22)27/h2-9,23H,10-12H2,1H3,(H2,22,27)(H,24,28). The number of hydrogen-bond acceptors (Lipinski definition) is 4. The lowest BCUT2D eigenvalue weighted by atomic mass is 9.99. The Bertz CT molecular complexity index is 1050. The maximum atomic E-state index is 12.4. The Labute approximate surface area is 162 Å². The van der Waals surface area contributed by atoms with E-state index < -0.39 is 5.91 Å². The molecule has 3 aromatic rings. The van der Waals surface area contributed by atoms with Crippen LogP contribution in [0.15, 0.2) is 48.5 Å². The molecule has 0 aliphatic carbocycles. The molecule has 1 aromatic heterocycles. The van der Waals surface area contributed by atoms with E-state index in [1.807, 2.05) is 43.4 Å². The Balaban J connectivity index is 1.77. The van der Waals surface area contributed by atoms with Gasteiger partial charge in [-0.05, 0) is 42.3 Å². The molecule has 4 N–H and O–H groups in total. The van der Waals surface area contributed by atoms with Gasteiger partial charge in [-0.1, -0.05) is 36.4 Å². The third-order valence-corrected chi connectivity index (χ3v) is 4.90. The summed E-state index contributed by atoms with van der Waals surface area (Å²) in [4.78, 5) is 24.2. The summed E-state index contributed by atoms with van der Waals surface area (Å²) < 4.78 is 1.51. The van der Waals surface area contributed by atoms with E-state index in [0.717, 1.165) is 17.7 Å². The van der Waals surface area contributed by atoms with Crippen LogP contribution in [0.25, 0.3) is 16.8 Å². The summed E-state index contributed by atoms with van der Waals surface area (Å²) in [5.41, 5.74) is 10.7. The molecule has 0 saturated heterocycles. The highest BCUT2D eigenvalue weighted by atomic mass is 16.2. The van der Waals surface area contributed by atoms with E-state index in [9.17, 15) is 9.59 Å². The van der Waals surface area contributed by atoms with Crippen molar-refractivity contribution < 1.29 is 9.59 Å². The molecule has 4 rings (SSSR count). The van der Waals surface area contributed by atoms with Crippen molar-refractivity contribution in [1.29, 1.82) is 0 Å². The number of carbonyl (C=O) groups excluding carboxylic acids is 2.